The summed E-state index contributed by atoms with van der Waals surface area (Å²) in [6.07, 6.45) is 6.64. The standard InChI is InChI=1S/C16H20N4O3/c1-12-4-2-3-9-20(12)15(21)11-22-10-14-18-16(19-23-14)13-5-7-17-8-6-13/h5-8,12H,2-4,9-11H2,1H3/t12-/m0/s1. The number of carbonyl (C=O) groups is 1. The molecule has 0 aliphatic carbocycles. The van der Waals surface area contributed by atoms with E-state index in [2.05, 4.69) is 22.0 Å². The number of rotatable bonds is 5. The molecule has 23 heavy (non-hydrogen) atoms. The summed E-state index contributed by atoms with van der Waals surface area (Å²) in [4.78, 5) is 22.2. The molecule has 7 nitrogen and oxygen atoms in total. The molecule has 0 N–H and O–H groups in total. The van der Waals surface area contributed by atoms with Crippen molar-refractivity contribution in [2.45, 2.75) is 38.8 Å². The Labute approximate surface area is 134 Å². The van der Waals surface area contributed by atoms with E-state index < -0.39 is 0 Å². The van der Waals surface area contributed by atoms with Crippen LogP contribution >= 0.6 is 0 Å². The Morgan fingerprint density at radius 1 is 1.39 bits per heavy atom. The van der Waals surface area contributed by atoms with Crippen LogP contribution in [0.1, 0.15) is 32.1 Å². The smallest absolute Gasteiger partial charge is 0.252 e. The van der Waals surface area contributed by atoms with Gasteiger partial charge in [-0.3, -0.25) is 9.78 Å². The Bertz CT molecular complexity index is 644. The molecular formula is C16H20N4O3. The van der Waals surface area contributed by atoms with Crippen LogP contribution in [0.2, 0.25) is 0 Å². The predicted octanol–water partition coefficient (Wildman–Crippen LogP) is 2.05. The summed E-state index contributed by atoms with van der Waals surface area (Å²) in [5.41, 5.74) is 0.827. The van der Waals surface area contributed by atoms with E-state index in [0.29, 0.717) is 17.8 Å². The molecule has 122 valence electrons. The number of hydrogen-bond acceptors (Lipinski definition) is 6. The summed E-state index contributed by atoms with van der Waals surface area (Å²) >= 11 is 0. The Hall–Kier alpha value is -2.28. The van der Waals surface area contributed by atoms with Crippen LogP contribution in [0.5, 0.6) is 0 Å². The summed E-state index contributed by atoms with van der Waals surface area (Å²) in [5.74, 6) is 0.865. The van der Waals surface area contributed by atoms with E-state index in [1.54, 1.807) is 24.5 Å². The van der Waals surface area contributed by atoms with Gasteiger partial charge in [0.1, 0.15) is 13.2 Å². The first-order valence-electron chi connectivity index (χ1n) is 7.84. The van der Waals surface area contributed by atoms with Crippen LogP contribution in [0.15, 0.2) is 29.0 Å². The van der Waals surface area contributed by atoms with Crippen molar-refractivity contribution in [3.05, 3.63) is 30.4 Å². The van der Waals surface area contributed by atoms with E-state index in [4.69, 9.17) is 9.26 Å². The van der Waals surface area contributed by atoms with E-state index in [1.165, 1.54) is 6.42 Å². The maximum atomic E-state index is 12.2. The SMILES string of the molecule is C[C@H]1CCCCN1C(=O)COCc1nc(-c2ccncc2)no1. The summed E-state index contributed by atoms with van der Waals surface area (Å²) in [5, 5.41) is 3.90. The summed E-state index contributed by atoms with van der Waals surface area (Å²) < 4.78 is 10.6. The highest BCUT2D eigenvalue weighted by molar-refractivity contribution is 5.77. The fraction of sp³-hybridized carbons (Fsp3) is 0.500. The van der Waals surface area contributed by atoms with Gasteiger partial charge in [0.25, 0.3) is 5.89 Å². The number of likely N-dealkylation sites (tertiary alicyclic amines) is 1. The van der Waals surface area contributed by atoms with Gasteiger partial charge in [-0.05, 0) is 38.3 Å². The van der Waals surface area contributed by atoms with Crippen molar-refractivity contribution in [1.82, 2.24) is 20.0 Å². The zero-order valence-corrected chi connectivity index (χ0v) is 13.1. The van der Waals surface area contributed by atoms with Crippen molar-refractivity contribution < 1.29 is 14.1 Å². The molecule has 1 aliphatic heterocycles. The van der Waals surface area contributed by atoms with E-state index >= 15 is 0 Å². The number of piperidine rings is 1. The second-order valence-electron chi connectivity index (χ2n) is 5.67. The Balaban J connectivity index is 1.49. The van der Waals surface area contributed by atoms with Gasteiger partial charge < -0.3 is 14.2 Å². The lowest BCUT2D eigenvalue weighted by molar-refractivity contribution is -0.140. The van der Waals surface area contributed by atoms with Gasteiger partial charge in [0.2, 0.25) is 11.7 Å². The number of pyridine rings is 1. The number of nitrogens with zero attached hydrogens (tertiary/aromatic N) is 4. The van der Waals surface area contributed by atoms with E-state index in [0.717, 1.165) is 24.9 Å². The molecule has 1 fully saturated rings. The van der Waals surface area contributed by atoms with Gasteiger partial charge in [-0.25, -0.2) is 0 Å². The van der Waals surface area contributed by atoms with Crippen LogP contribution in [-0.4, -0.2) is 45.1 Å². The summed E-state index contributed by atoms with van der Waals surface area (Å²) in [7, 11) is 0. The van der Waals surface area contributed by atoms with Gasteiger partial charge in [-0.2, -0.15) is 4.98 Å². The molecule has 0 spiro atoms. The quantitative estimate of drug-likeness (QED) is 0.839. The van der Waals surface area contributed by atoms with Crippen LogP contribution in [0.25, 0.3) is 11.4 Å². The lowest BCUT2D eigenvalue weighted by Crippen LogP contribution is -2.43. The molecule has 0 aromatic carbocycles. The average molecular weight is 316 g/mol. The normalized spacial score (nSPS) is 18.1. The molecule has 1 aliphatic rings. The molecule has 1 amide bonds. The molecule has 1 saturated heterocycles. The van der Waals surface area contributed by atoms with Crippen molar-refractivity contribution in [2.24, 2.45) is 0 Å². The van der Waals surface area contributed by atoms with Crippen LogP contribution in [0.4, 0.5) is 0 Å². The molecule has 0 unspecified atom stereocenters. The zero-order valence-electron chi connectivity index (χ0n) is 13.1. The van der Waals surface area contributed by atoms with Crippen LogP contribution in [-0.2, 0) is 16.1 Å². The number of hydrogen-bond donors (Lipinski definition) is 0. The molecule has 0 bridgehead atoms. The summed E-state index contributed by atoms with van der Waals surface area (Å²) in [6, 6.07) is 3.90. The Kier molecular flexibility index (Phi) is 4.97. The first-order valence-corrected chi connectivity index (χ1v) is 7.84. The molecule has 3 rings (SSSR count). The monoisotopic (exact) mass is 316 g/mol. The number of aromatic nitrogens is 3. The third kappa shape index (κ3) is 3.92. The van der Waals surface area contributed by atoms with Gasteiger partial charge >= 0.3 is 0 Å². The highest BCUT2D eigenvalue weighted by Gasteiger charge is 2.23. The fourth-order valence-electron chi connectivity index (χ4n) is 2.71. The maximum Gasteiger partial charge on any atom is 0.252 e. The second kappa shape index (κ2) is 7.32. The van der Waals surface area contributed by atoms with Gasteiger partial charge in [-0.1, -0.05) is 5.16 Å². The minimum Gasteiger partial charge on any atom is -0.362 e. The van der Waals surface area contributed by atoms with Crippen LogP contribution < -0.4 is 0 Å². The largest absolute Gasteiger partial charge is 0.362 e. The van der Waals surface area contributed by atoms with Crippen molar-refractivity contribution >= 4 is 5.91 Å². The van der Waals surface area contributed by atoms with Gasteiger partial charge in [0, 0.05) is 30.5 Å². The molecule has 7 heteroatoms. The molecule has 2 aromatic heterocycles. The number of ether oxygens (including phenoxy) is 1. The van der Waals surface area contributed by atoms with Crippen molar-refractivity contribution in [3.63, 3.8) is 0 Å². The number of carbonyl (C=O) groups excluding carboxylic acids is 1. The maximum absolute atomic E-state index is 12.2. The fourth-order valence-corrected chi connectivity index (χ4v) is 2.71. The molecule has 0 radical (unpaired) electrons. The highest BCUT2D eigenvalue weighted by Crippen LogP contribution is 2.17. The molecule has 0 saturated carbocycles. The molecule has 3 heterocycles. The van der Waals surface area contributed by atoms with Crippen molar-refractivity contribution in [1.29, 1.82) is 0 Å². The predicted molar refractivity (Wildman–Crippen MR) is 82.2 cm³/mol. The van der Waals surface area contributed by atoms with E-state index in [1.807, 2.05) is 4.90 Å². The third-order valence-corrected chi connectivity index (χ3v) is 3.98. The Morgan fingerprint density at radius 2 is 2.22 bits per heavy atom. The second-order valence-corrected chi connectivity index (χ2v) is 5.67. The molecular weight excluding hydrogens is 296 g/mol. The lowest BCUT2D eigenvalue weighted by Gasteiger charge is -2.33. The van der Waals surface area contributed by atoms with E-state index in [-0.39, 0.29) is 19.1 Å². The first kappa shape index (κ1) is 15.6. The van der Waals surface area contributed by atoms with Gasteiger partial charge in [0.15, 0.2) is 0 Å². The first-order chi connectivity index (χ1) is 11.2. The van der Waals surface area contributed by atoms with Crippen molar-refractivity contribution in [3.8, 4) is 11.4 Å². The highest BCUT2D eigenvalue weighted by atomic mass is 16.5. The Morgan fingerprint density at radius 3 is 3.00 bits per heavy atom. The lowest BCUT2D eigenvalue weighted by atomic mass is 10.0. The van der Waals surface area contributed by atoms with Gasteiger partial charge in [0.05, 0.1) is 0 Å². The van der Waals surface area contributed by atoms with Crippen LogP contribution in [0.3, 0.4) is 0 Å². The van der Waals surface area contributed by atoms with Crippen LogP contribution in [0, 0.1) is 0 Å². The topological polar surface area (TPSA) is 81.4 Å². The van der Waals surface area contributed by atoms with Gasteiger partial charge in [-0.15, -0.1) is 0 Å². The van der Waals surface area contributed by atoms with Crippen molar-refractivity contribution in [2.75, 3.05) is 13.2 Å². The third-order valence-electron chi connectivity index (χ3n) is 3.98. The minimum atomic E-state index is 0.0195. The van der Waals surface area contributed by atoms with E-state index in [9.17, 15) is 4.79 Å². The summed E-state index contributed by atoms with van der Waals surface area (Å²) in [6.45, 7) is 3.07. The molecule has 2 aromatic rings. The average Bonchev–Trinajstić information content (AvgIpc) is 3.05. The minimum absolute atomic E-state index is 0.0195. The number of amides is 1. The zero-order chi connectivity index (χ0) is 16.1. The molecule has 1 atom stereocenters.